The fraction of sp³-hybridized carbons (Fsp3) is 0.267. The molecule has 3 aromatic rings. The summed E-state index contributed by atoms with van der Waals surface area (Å²) >= 11 is 1.58. The highest BCUT2D eigenvalue weighted by molar-refractivity contribution is 7.10. The van der Waals surface area contributed by atoms with Gasteiger partial charge in [0.25, 0.3) is 0 Å². The summed E-state index contributed by atoms with van der Waals surface area (Å²) in [7, 11) is 0. The van der Waals surface area contributed by atoms with Crippen LogP contribution in [0.15, 0.2) is 82.5 Å². The number of phenolic OH excluding ortho intramolecular Hbond substituents is 1. The summed E-state index contributed by atoms with van der Waals surface area (Å²) in [6, 6.07) is 15.8. The van der Waals surface area contributed by atoms with Gasteiger partial charge in [-0.25, -0.2) is 4.79 Å². The third-order valence-corrected chi connectivity index (χ3v) is 8.15. The first-order valence-electron chi connectivity index (χ1n) is 12.9. The molecule has 0 unspecified atom stereocenters. The van der Waals surface area contributed by atoms with Crippen LogP contribution >= 0.6 is 11.3 Å². The topological polar surface area (TPSA) is 128 Å². The number of esters is 1. The number of nitrogens with one attached hydrogen (secondary N) is 1. The number of rotatable bonds is 8. The lowest BCUT2D eigenvalue weighted by atomic mass is 9.72. The molecule has 1 aliphatic heterocycles. The molecule has 0 radical (unpaired) electrons. The first-order valence-corrected chi connectivity index (χ1v) is 13.8. The van der Waals surface area contributed by atoms with E-state index in [0.29, 0.717) is 23.4 Å². The van der Waals surface area contributed by atoms with Crippen LogP contribution in [0.5, 0.6) is 11.5 Å². The monoisotopic (exact) mass is 560 g/mol. The van der Waals surface area contributed by atoms with Gasteiger partial charge in [0.15, 0.2) is 11.5 Å². The molecule has 40 heavy (non-hydrogen) atoms. The molecule has 5 rings (SSSR count). The van der Waals surface area contributed by atoms with E-state index in [9.17, 15) is 24.8 Å². The number of dihydropyridines is 1. The number of nitrogens with zero attached hydrogens (tertiary/aromatic N) is 1. The van der Waals surface area contributed by atoms with Gasteiger partial charge in [-0.3, -0.25) is 14.9 Å². The maximum atomic E-state index is 13.8. The predicted molar refractivity (Wildman–Crippen MR) is 149 cm³/mol. The summed E-state index contributed by atoms with van der Waals surface area (Å²) < 4.78 is 11.2. The molecule has 2 aromatic carbocycles. The summed E-state index contributed by atoms with van der Waals surface area (Å²) in [4.78, 5) is 39.7. The van der Waals surface area contributed by atoms with Gasteiger partial charge >= 0.3 is 11.7 Å². The minimum atomic E-state index is -0.949. The standard InChI is InChI=1S/C30H28N2O7S/c1-3-38-24-15-20(13-22(29(24)34)32(36)37)27-26(30(35)39-16-18-8-5-4-6-9-18)17(2)31-21-12-19(14-23(33)28(21)27)25-10-7-11-40-25/h4-11,13,15,19,27,31,34H,3,12,14,16H2,1-2H3/t19-,27-/m1/s1. The second-order valence-electron chi connectivity index (χ2n) is 9.67. The van der Waals surface area contributed by atoms with Crippen LogP contribution in [0, 0.1) is 10.1 Å². The lowest BCUT2D eigenvalue weighted by Gasteiger charge is -2.36. The number of hydrogen-bond donors (Lipinski definition) is 2. The highest BCUT2D eigenvalue weighted by atomic mass is 32.1. The lowest BCUT2D eigenvalue weighted by molar-refractivity contribution is -0.386. The SMILES string of the molecule is CCOc1cc([C@@H]2C(C(=O)OCc3ccccc3)=C(C)NC3=C2C(=O)C[C@H](c2cccs2)C3)cc([N+](=O)[O-])c1O. The number of carbonyl (C=O) groups excluding carboxylic acids is 2. The first-order chi connectivity index (χ1) is 19.3. The van der Waals surface area contributed by atoms with Crippen molar-refractivity contribution in [2.75, 3.05) is 6.61 Å². The van der Waals surface area contributed by atoms with E-state index in [-0.39, 0.29) is 48.2 Å². The molecular formula is C30H28N2O7S. The van der Waals surface area contributed by atoms with Crippen molar-refractivity contribution >= 4 is 28.8 Å². The number of ketones is 1. The Kier molecular flexibility index (Phi) is 7.70. The molecule has 2 heterocycles. The molecule has 206 valence electrons. The van der Waals surface area contributed by atoms with E-state index in [1.165, 1.54) is 12.1 Å². The van der Waals surface area contributed by atoms with Crippen molar-refractivity contribution in [1.29, 1.82) is 0 Å². The van der Waals surface area contributed by atoms with Crippen molar-refractivity contribution in [3.63, 3.8) is 0 Å². The number of hydrogen-bond acceptors (Lipinski definition) is 9. The van der Waals surface area contributed by atoms with Crippen molar-refractivity contribution in [3.05, 3.63) is 109 Å². The van der Waals surface area contributed by atoms with E-state index in [4.69, 9.17) is 9.47 Å². The van der Waals surface area contributed by atoms with Crippen LogP contribution in [0.1, 0.15) is 54.5 Å². The summed E-state index contributed by atoms with van der Waals surface area (Å²) in [6.45, 7) is 3.59. The van der Waals surface area contributed by atoms with Crippen molar-refractivity contribution in [3.8, 4) is 11.5 Å². The minimum absolute atomic E-state index is 0.0173. The number of thiophene rings is 1. The normalized spacial score (nSPS) is 18.7. The quantitative estimate of drug-likeness (QED) is 0.199. The van der Waals surface area contributed by atoms with E-state index >= 15 is 0 Å². The van der Waals surface area contributed by atoms with Gasteiger partial charge in [-0.2, -0.15) is 0 Å². The summed E-state index contributed by atoms with van der Waals surface area (Å²) in [5.41, 5.74) is 2.22. The highest BCUT2D eigenvalue weighted by Crippen LogP contribution is 2.49. The van der Waals surface area contributed by atoms with Gasteiger partial charge in [0.05, 0.1) is 17.1 Å². The van der Waals surface area contributed by atoms with E-state index in [0.717, 1.165) is 10.4 Å². The number of nitro benzene ring substituents is 1. The molecule has 1 aromatic heterocycles. The molecule has 0 amide bonds. The molecule has 0 bridgehead atoms. The maximum absolute atomic E-state index is 13.8. The van der Waals surface area contributed by atoms with Crippen LogP contribution in [0.3, 0.4) is 0 Å². The van der Waals surface area contributed by atoms with Gasteiger partial charge in [0.1, 0.15) is 6.61 Å². The average Bonchev–Trinajstić information content (AvgIpc) is 3.48. The molecule has 2 atom stereocenters. The first kappa shape index (κ1) is 27.1. The van der Waals surface area contributed by atoms with Crippen LogP contribution in [0.2, 0.25) is 0 Å². The van der Waals surface area contributed by atoms with Gasteiger partial charge in [-0.1, -0.05) is 36.4 Å². The fourth-order valence-electron chi connectivity index (χ4n) is 5.35. The molecule has 2 N–H and O–H groups in total. The number of phenols is 1. The lowest BCUT2D eigenvalue weighted by Crippen LogP contribution is -2.36. The second kappa shape index (κ2) is 11.4. The summed E-state index contributed by atoms with van der Waals surface area (Å²) in [6.07, 6.45) is 0.779. The molecule has 2 aliphatic rings. The van der Waals surface area contributed by atoms with E-state index < -0.39 is 28.2 Å². The second-order valence-corrected chi connectivity index (χ2v) is 10.7. The number of aromatic hydroxyl groups is 1. The largest absolute Gasteiger partial charge is 0.500 e. The van der Waals surface area contributed by atoms with Crippen molar-refractivity contribution in [1.82, 2.24) is 5.32 Å². The van der Waals surface area contributed by atoms with Gasteiger partial charge in [0, 0.05) is 46.2 Å². The number of Topliss-reactive ketones (excluding diaryl/α,β-unsaturated/α-hetero) is 1. The van der Waals surface area contributed by atoms with Gasteiger partial charge in [-0.15, -0.1) is 11.3 Å². The highest BCUT2D eigenvalue weighted by Gasteiger charge is 2.42. The Labute approximate surface area is 234 Å². The summed E-state index contributed by atoms with van der Waals surface area (Å²) in [5, 5.41) is 27.6. The van der Waals surface area contributed by atoms with Crippen LogP contribution in [0.4, 0.5) is 5.69 Å². The Hall–Kier alpha value is -4.44. The molecule has 0 saturated carbocycles. The molecule has 0 spiro atoms. The molecular weight excluding hydrogens is 532 g/mol. The molecule has 0 saturated heterocycles. The average molecular weight is 561 g/mol. The number of benzene rings is 2. The smallest absolute Gasteiger partial charge is 0.337 e. The van der Waals surface area contributed by atoms with E-state index in [1.54, 1.807) is 25.2 Å². The Morgan fingerprint density at radius 2 is 1.95 bits per heavy atom. The Bertz CT molecular complexity index is 1530. The maximum Gasteiger partial charge on any atom is 0.337 e. The van der Waals surface area contributed by atoms with E-state index in [2.05, 4.69) is 5.32 Å². The fourth-order valence-corrected chi connectivity index (χ4v) is 6.18. The molecule has 10 heteroatoms. The van der Waals surface area contributed by atoms with Gasteiger partial charge < -0.3 is 19.9 Å². The van der Waals surface area contributed by atoms with E-state index in [1.807, 2.05) is 47.8 Å². The van der Waals surface area contributed by atoms with Gasteiger partial charge in [0.2, 0.25) is 5.75 Å². The third kappa shape index (κ3) is 5.22. The zero-order chi connectivity index (χ0) is 28.4. The van der Waals surface area contributed by atoms with Crippen LogP contribution in [-0.2, 0) is 20.9 Å². The Balaban J connectivity index is 1.62. The number of nitro groups is 1. The predicted octanol–water partition coefficient (Wildman–Crippen LogP) is 5.87. The number of carbonyl (C=O) groups is 2. The summed E-state index contributed by atoms with van der Waals surface area (Å²) in [5.74, 6) is -2.48. The number of allylic oxidation sites excluding steroid dienone is 3. The van der Waals surface area contributed by atoms with Crippen LogP contribution in [-0.4, -0.2) is 28.4 Å². The minimum Gasteiger partial charge on any atom is -0.500 e. The molecule has 0 fully saturated rings. The Morgan fingerprint density at radius 3 is 2.62 bits per heavy atom. The van der Waals surface area contributed by atoms with Gasteiger partial charge in [-0.05, 0) is 48.9 Å². The molecule has 9 nitrogen and oxygen atoms in total. The van der Waals surface area contributed by atoms with Crippen molar-refractivity contribution in [2.45, 2.75) is 45.1 Å². The van der Waals surface area contributed by atoms with Crippen LogP contribution < -0.4 is 10.1 Å². The zero-order valence-corrected chi connectivity index (χ0v) is 22.8. The Morgan fingerprint density at radius 1 is 1.18 bits per heavy atom. The molecule has 1 aliphatic carbocycles. The zero-order valence-electron chi connectivity index (χ0n) is 22.0. The van der Waals surface area contributed by atoms with Crippen molar-refractivity contribution < 1.29 is 29.1 Å². The van der Waals surface area contributed by atoms with Crippen molar-refractivity contribution in [2.24, 2.45) is 0 Å². The number of ether oxygens (including phenoxy) is 2. The third-order valence-electron chi connectivity index (χ3n) is 7.11. The van der Waals surface area contributed by atoms with Crippen LogP contribution in [0.25, 0.3) is 0 Å².